The topological polar surface area (TPSA) is 47.4 Å². The Hall–Kier alpha value is -1.36. The molecule has 1 heterocycles. The molecule has 0 N–H and O–H groups in total. The molecule has 0 amide bonds. The van der Waals surface area contributed by atoms with Crippen molar-refractivity contribution in [2.45, 2.75) is 45.7 Å². The van der Waals surface area contributed by atoms with Crippen molar-refractivity contribution >= 4 is 5.97 Å². The number of carbonyl (C=O) groups excluding carboxylic acids is 1. The Balaban J connectivity index is 1.94. The van der Waals surface area contributed by atoms with Gasteiger partial charge >= 0.3 is 5.97 Å². The fourth-order valence-electron chi connectivity index (χ4n) is 2.28. The molecule has 1 aromatic rings. The third kappa shape index (κ3) is 4.06. The second-order valence-electron chi connectivity index (χ2n) is 5.04. The third-order valence-corrected chi connectivity index (χ3v) is 3.27. The normalized spacial score (nSPS) is 14.9. The number of rotatable bonds is 8. The van der Waals surface area contributed by atoms with Crippen molar-refractivity contribution in [2.75, 3.05) is 19.7 Å². The third-order valence-electron chi connectivity index (χ3n) is 3.27. The first kappa shape index (κ1) is 14.1. The van der Waals surface area contributed by atoms with Crippen LogP contribution in [0.15, 0.2) is 12.5 Å². The second kappa shape index (κ2) is 6.70. The van der Waals surface area contributed by atoms with Crippen LogP contribution in [0.5, 0.6) is 0 Å². The highest BCUT2D eigenvalue weighted by Crippen LogP contribution is 2.35. The van der Waals surface area contributed by atoms with Crippen LogP contribution in [0.25, 0.3) is 0 Å². The van der Waals surface area contributed by atoms with Crippen molar-refractivity contribution in [3.05, 3.63) is 18.2 Å². The van der Waals surface area contributed by atoms with Gasteiger partial charge in [0.1, 0.15) is 0 Å². The number of hydrogen-bond acceptors (Lipinski definition) is 4. The minimum atomic E-state index is -0.145. The van der Waals surface area contributed by atoms with E-state index in [0.717, 1.165) is 19.5 Å². The minimum Gasteiger partial charge on any atom is -0.465 e. The standard InChI is InChI=1S/C14H23N3O2/c1-3-7-16(10-14(18)19-4-2)9-13-8-15-11-17(13)12-5-6-12/h8,11-12H,3-7,9-10H2,1-2H3. The number of esters is 1. The quantitative estimate of drug-likeness (QED) is 0.674. The largest absolute Gasteiger partial charge is 0.465 e. The maximum Gasteiger partial charge on any atom is 0.320 e. The van der Waals surface area contributed by atoms with Crippen LogP contribution in [-0.2, 0) is 16.1 Å². The summed E-state index contributed by atoms with van der Waals surface area (Å²) in [4.78, 5) is 18.0. The lowest BCUT2D eigenvalue weighted by Gasteiger charge is -2.21. The molecule has 1 aliphatic rings. The Morgan fingerprint density at radius 2 is 2.32 bits per heavy atom. The van der Waals surface area contributed by atoms with Crippen molar-refractivity contribution < 1.29 is 9.53 Å². The van der Waals surface area contributed by atoms with E-state index in [9.17, 15) is 4.79 Å². The van der Waals surface area contributed by atoms with E-state index in [0.29, 0.717) is 19.2 Å². The first-order valence-electron chi connectivity index (χ1n) is 7.13. The molecule has 5 nitrogen and oxygen atoms in total. The molecule has 0 saturated heterocycles. The van der Waals surface area contributed by atoms with Crippen molar-refractivity contribution in [1.29, 1.82) is 0 Å². The maximum atomic E-state index is 11.6. The highest BCUT2D eigenvalue weighted by Gasteiger charge is 2.25. The van der Waals surface area contributed by atoms with Gasteiger partial charge in [-0.25, -0.2) is 4.98 Å². The van der Waals surface area contributed by atoms with Gasteiger partial charge in [-0.15, -0.1) is 0 Å². The van der Waals surface area contributed by atoms with Gasteiger partial charge in [-0.3, -0.25) is 9.69 Å². The molecule has 1 aliphatic carbocycles. The number of aromatic nitrogens is 2. The van der Waals surface area contributed by atoms with Crippen LogP contribution in [0.3, 0.4) is 0 Å². The molecular formula is C14H23N3O2. The summed E-state index contributed by atoms with van der Waals surface area (Å²) in [6, 6.07) is 0.628. The zero-order valence-electron chi connectivity index (χ0n) is 11.8. The highest BCUT2D eigenvalue weighted by molar-refractivity contribution is 5.71. The summed E-state index contributed by atoms with van der Waals surface area (Å²) in [6.45, 7) is 6.43. The Labute approximate surface area is 114 Å². The lowest BCUT2D eigenvalue weighted by atomic mass is 10.3. The number of imidazole rings is 1. The molecule has 2 rings (SSSR count). The van der Waals surface area contributed by atoms with Crippen LogP contribution < -0.4 is 0 Å². The summed E-state index contributed by atoms with van der Waals surface area (Å²) < 4.78 is 7.27. The molecule has 0 aliphatic heterocycles. The van der Waals surface area contributed by atoms with Crippen LogP contribution in [0.4, 0.5) is 0 Å². The number of carbonyl (C=O) groups is 1. The monoisotopic (exact) mass is 265 g/mol. The van der Waals surface area contributed by atoms with Gasteiger partial charge in [-0.2, -0.15) is 0 Å². The molecule has 0 radical (unpaired) electrons. The number of nitrogens with zero attached hydrogens (tertiary/aromatic N) is 3. The lowest BCUT2D eigenvalue weighted by Crippen LogP contribution is -2.32. The van der Waals surface area contributed by atoms with Gasteiger partial charge in [0.2, 0.25) is 0 Å². The fourth-order valence-corrected chi connectivity index (χ4v) is 2.28. The first-order valence-corrected chi connectivity index (χ1v) is 7.13. The highest BCUT2D eigenvalue weighted by atomic mass is 16.5. The summed E-state index contributed by atoms with van der Waals surface area (Å²) in [7, 11) is 0. The summed E-state index contributed by atoms with van der Waals surface area (Å²) in [5, 5.41) is 0. The summed E-state index contributed by atoms with van der Waals surface area (Å²) in [5.74, 6) is -0.145. The van der Waals surface area contributed by atoms with E-state index < -0.39 is 0 Å². The van der Waals surface area contributed by atoms with E-state index >= 15 is 0 Å². The first-order chi connectivity index (χ1) is 9.24. The van der Waals surface area contributed by atoms with Crippen molar-refractivity contribution in [3.8, 4) is 0 Å². The number of hydrogen-bond donors (Lipinski definition) is 0. The van der Waals surface area contributed by atoms with E-state index in [-0.39, 0.29) is 5.97 Å². The molecule has 1 aromatic heterocycles. The zero-order chi connectivity index (χ0) is 13.7. The predicted octanol–water partition coefficient (Wildman–Crippen LogP) is 1.99. The Morgan fingerprint density at radius 3 is 2.95 bits per heavy atom. The van der Waals surface area contributed by atoms with E-state index in [4.69, 9.17) is 4.74 Å². The van der Waals surface area contributed by atoms with Gasteiger partial charge in [0.15, 0.2) is 0 Å². The van der Waals surface area contributed by atoms with Gasteiger partial charge in [-0.05, 0) is 32.7 Å². The van der Waals surface area contributed by atoms with E-state index in [2.05, 4.69) is 21.4 Å². The van der Waals surface area contributed by atoms with Crippen molar-refractivity contribution in [2.24, 2.45) is 0 Å². The van der Waals surface area contributed by atoms with Crippen LogP contribution in [0, 0.1) is 0 Å². The van der Waals surface area contributed by atoms with Crippen molar-refractivity contribution in [3.63, 3.8) is 0 Å². The van der Waals surface area contributed by atoms with Gasteiger partial charge in [0, 0.05) is 18.8 Å². The predicted molar refractivity (Wildman–Crippen MR) is 72.7 cm³/mol. The van der Waals surface area contributed by atoms with Crippen LogP contribution >= 0.6 is 0 Å². The van der Waals surface area contributed by atoms with E-state index in [1.54, 1.807) is 0 Å². The maximum absolute atomic E-state index is 11.6. The SMILES string of the molecule is CCCN(CC(=O)OCC)Cc1cncn1C1CC1. The Morgan fingerprint density at radius 1 is 1.53 bits per heavy atom. The average molecular weight is 265 g/mol. The summed E-state index contributed by atoms with van der Waals surface area (Å²) in [6.07, 6.45) is 7.33. The molecule has 106 valence electrons. The van der Waals surface area contributed by atoms with Gasteiger partial charge in [0.25, 0.3) is 0 Å². The van der Waals surface area contributed by atoms with Gasteiger partial charge in [0.05, 0.1) is 25.2 Å². The molecule has 0 atom stereocenters. The van der Waals surface area contributed by atoms with Gasteiger partial charge < -0.3 is 9.30 Å². The molecule has 0 bridgehead atoms. The molecule has 0 unspecified atom stereocenters. The zero-order valence-corrected chi connectivity index (χ0v) is 11.8. The van der Waals surface area contributed by atoms with E-state index in [1.165, 1.54) is 18.5 Å². The lowest BCUT2D eigenvalue weighted by molar-refractivity contribution is -0.144. The fraction of sp³-hybridized carbons (Fsp3) is 0.714. The molecule has 5 heteroatoms. The van der Waals surface area contributed by atoms with E-state index in [1.807, 2.05) is 19.4 Å². The molecular weight excluding hydrogens is 242 g/mol. The molecule has 19 heavy (non-hydrogen) atoms. The molecule has 0 aromatic carbocycles. The molecule has 1 saturated carbocycles. The minimum absolute atomic E-state index is 0.145. The Bertz CT molecular complexity index is 413. The summed E-state index contributed by atoms with van der Waals surface area (Å²) in [5.41, 5.74) is 1.19. The summed E-state index contributed by atoms with van der Waals surface area (Å²) >= 11 is 0. The molecule has 0 spiro atoms. The van der Waals surface area contributed by atoms with Crippen LogP contribution in [-0.4, -0.2) is 40.1 Å². The Kier molecular flexibility index (Phi) is 4.96. The average Bonchev–Trinajstić information content (AvgIpc) is 3.11. The second-order valence-corrected chi connectivity index (χ2v) is 5.04. The van der Waals surface area contributed by atoms with Crippen LogP contribution in [0.2, 0.25) is 0 Å². The van der Waals surface area contributed by atoms with Crippen LogP contribution in [0.1, 0.15) is 44.8 Å². The smallest absolute Gasteiger partial charge is 0.320 e. The van der Waals surface area contributed by atoms with Crippen molar-refractivity contribution in [1.82, 2.24) is 14.5 Å². The van der Waals surface area contributed by atoms with Gasteiger partial charge in [-0.1, -0.05) is 6.92 Å². The molecule has 1 fully saturated rings. The number of ether oxygens (including phenoxy) is 1.